The number of benzene rings is 1. The fourth-order valence-electron chi connectivity index (χ4n) is 2.80. The third-order valence-electron chi connectivity index (χ3n) is 4.09. The summed E-state index contributed by atoms with van der Waals surface area (Å²) in [7, 11) is 0. The molecule has 1 aromatic heterocycles. The number of halogens is 2. The van der Waals surface area contributed by atoms with Gasteiger partial charge in [-0.3, -0.25) is 4.98 Å². The highest BCUT2D eigenvalue weighted by molar-refractivity contribution is 6.30. The molecule has 2 aromatic rings. The molecule has 1 saturated heterocycles. The van der Waals surface area contributed by atoms with Crippen LogP contribution in [0.2, 0.25) is 5.02 Å². The smallest absolute Gasteiger partial charge is 0.124 e. The van der Waals surface area contributed by atoms with E-state index in [0.717, 1.165) is 36.0 Å². The van der Waals surface area contributed by atoms with Crippen LogP contribution in [0.1, 0.15) is 30.2 Å². The van der Waals surface area contributed by atoms with Gasteiger partial charge in [0.15, 0.2) is 0 Å². The van der Waals surface area contributed by atoms with Crippen LogP contribution in [0.15, 0.2) is 48.7 Å². The van der Waals surface area contributed by atoms with E-state index >= 15 is 0 Å². The van der Waals surface area contributed by atoms with Crippen molar-refractivity contribution in [3.05, 3.63) is 64.9 Å². The second-order valence-electron chi connectivity index (χ2n) is 5.71. The van der Waals surface area contributed by atoms with Crippen molar-refractivity contribution >= 4 is 24.0 Å². The summed E-state index contributed by atoms with van der Waals surface area (Å²) in [6, 6.07) is 13.8. The second-order valence-corrected chi connectivity index (χ2v) is 6.15. The number of nitrogens with zero attached hydrogens (tertiary/aromatic N) is 1. The van der Waals surface area contributed by atoms with Crippen LogP contribution in [-0.4, -0.2) is 24.7 Å². The molecule has 0 spiro atoms. The van der Waals surface area contributed by atoms with E-state index in [9.17, 15) is 0 Å². The third kappa shape index (κ3) is 5.18. The van der Waals surface area contributed by atoms with Crippen LogP contribution < -0.4 is 5.32 Å². The molecule has 0 bridgehead atoms. The molecule has 5 heteroatoms. The maximum Gasteiger partial charge on any atom is 0.124 e. The highest BCUT2D eigenvalue weighted by atomic mass is 35.5. The minimum atomic E-state index is -0.131. The summed E-state index contributed by atoms with van der Waals surface area (Å²) in [5.74, 6) is 0.625. The van der Waals surface area contributed by atoms with Gasteiger partial charge in [-0.2, -0.15) is 0 Å². The van der Waals surface area contributed by atoms with E-state index in [0.29, 0.717) is 5.92 Å². The molecular formula is C18H22Cl2N2O. The van der Waals surface area contributed by atoms with E-state index in [4.69, 9.17) is 16.3 Å². The number of ether oxygens (including phenoxy) is 1. The molecule has 0 saturated carbocycles. The Morgan fingerprint density at radius 1 is 1.13 bits per heavy atom. The summed E-state index contributed by atoms with van der Waals surface area (Å²) < 4.78 is 6.26. The average Bonchev–Trinajstić information content (AvgIpc) is 2.58. The largest absolute Gasteiger partial charge is 0.367 e. The van der Waals surface area contributed by atoms with Crippen LogP contribution in [0.3, 0.4) is 0 Å². The number of piperidine rings is 1. The number of hydrogen-bond donors (Lipinski definition) is 1. The zero-order valence-corrected chi connectivity index (χ0v) is 14.5. The van der Waals surface area contributed by atoms with Crippen LogP contribution in [0.4, 0.5) is 0 Å². The van der Waals surface area contributed by atoms with E-state index in [1.165, 1.54) is 12.8 Å². The Morgan fingerprint density at radius 2 is 1.87 bits per heavy atom. The van der Waals surface area contributed by atoms with Crippen LogP contribution in [0.5, 0.6) is 0 Å². The van der Waals surface area contributed by atoms with Gasteiger partial charge in [0, 0.05) is 11.2 Å². The summed E-state index contributed by atoms with van der Waals surface area (Å²) in [4.78, 5) is 4.47. The van der Waals surface area contributed by atoms with Gasteiger partial charge in [-0.15, -0.1) is 12.4 Å². The molecule has 1 aliphatic heterocycles. The molecule has 3 nitrogen and oxygen atoms in total. The number of hydrogen-bond acceptors (Lipinski definition) is 3. The van der Waals surface area contributed by atoms with E-state index in [1.807, 2.05) is 48.7 Å². The highest BCUT2D eigenvalue weighted by Gasteiger charge is 2.20. The summed E-state index contributed by atoms with van der Waals surface area (Å²) in [6.45, 7) is 2.94. The standard InChI is InChI=1S/C18H21ClN2O.ClH/c19-16-6-4-15(5-7-16)18(17-3-1-2-10-21-17)22-13-14-8-11-20-12-9-14;/h1-7,10,14,18,20H,8-9,11-13H2;1H. The second kappa shape index (κ2) is 9.24. The molecule has 1 aromatic carbocycles. The maximum atomic E-state index is 6.26. The number of aromatic nitrogens is 1. The fourth-order valence-corrected chi connectivity index (χ4v) is 2.93. The quantitative estimate of drug-likeness (QED) is 0.872. The van der Waals surface area contributed by atoms with Gasteiger partial charge < -0.3 is 10.1 Å². The number of nitrogens with one attached hydrogen (secondary N) is 1. The van der Waals surface area contributed by atoms with Gasteiger partial charge >= 0.3 is 0 Å². The predicted octanol–water partition coefficient (Wildman–Crippen LogP) is 4.26. The summed E-state index contributed by atoms with van der Waals surface area (Å²) in [5.41, 5.74) is 2.04. The van der Waals surface area contributed by atoms with Crippen molar-refractivity contribution < 1.29 is 4.74 Å². The van der Waals surface area contributed by atoms with Gasteiger partial charge in [0.1, 0.15) is 6.10 Å². The van der Waals surface area contributed by atoms with Gasteiger partial charge in [0.2, 0.25) is 0 Å². The molecule has 3 rings (SSSR count). The van der Waals surface area contributed by atoms with Crippen molar-refractivity contribution in [2.75, 3.05) is 19.7 Å². The van der Waals surface area contributed by atoms with Gasteiger partial charge in [-0.1, -0.05) is 29.8 Å². The Kier molecular flexibility index (Phi) is 7.31. The maximum absolute atomic E-state index is 6.26. The van der Waals surface area contributed by atoms with Crippen molar-refractivity contribution in [2.24, 2.45) is 5.92 Å². The average molecular weight is 353 g/mol. The number of pyridine rings is 1. The molecule has 124 valence electrons. The molecule has 1 N–H and O–H groups in total. The van der Waals surface area contributed by atoms with Gasteiger partial charge in [0.25, 0.3) is 0 Å². The zero-order chi connectivity index (χ0) is 15.2. The first-order valence-corrected chi connectivity index (χ1v) is 8.19. The van der Waals surface area contributed by atoms with E-state index in [2.05, 4.69) is 10.3 Å². The van der Waals surface area contributed by atoms with Crippen LogP contribution >= 0.6 is 24.0 Å². The summed E-state index contributed by atoms with van der Waals surface area (Å²) in [6.07, 6.45) is 4.03. The lowest BCUT2D eigenvalue weighted by Gasteiger charge is -2.25. The Labute approximate surface area is 148 Å². The molecule has 23 heavy (non-hydrogen) atoms. The Hall–Kier alpha value is -1.13. The van der Waals surface area contributed by atoms with Gasteiger partial charge in [-0.25, -0.2) is 0 Å². The van der Waals surface area contributed by atoms with E-state index < -0.39 is 0 Å². The van der Waals surface area contributed by atoms with Crippen LogP contribution in [0, 0.1) is 5.92 Å². The Morgan fingerprint density at radius 3 is 2.52 bits per heavy atom. The van der Waals surface area contributed by atoms with Crippen LogP contribution in [-0.2, 0) is 4.74 Å². The van der Waals surface area contributed by atoms with E-state index in [1.54, 1.807) is 0 Å². The molecule has 1 fully saturated rings. The monoisotopic (exact) mass is 352 g/mol. The lowest BCUT2D eigenvalue weighted by molar-refractivity contribution is 0.0416. The third-order valence-corrected chi connectivity index (χ3v) is 4.34. The Balaban J connectivity index is 0.00000192. The van der Waals surface area contributed by atoms with Crippen molar-refractivity contribution in [2.45, 2.75) is 18.9 Å². The van der Waals surface area contributed by atoms with Crippen LogP contribution in [0.25, 0.3) is 0 Å². The molecular weight excluding hydrogens is 331 g/mol. The topological polar surface area (TPSA) is 34.1 Å². The lowest BCUT2D eigenvalue weighted by Crippen LogP contribution is -2.30. The zero-order valence-electron chi connectivity index (χ0n) is 13.0. The minimum absolute atomic E-state index is 0. The molecule has 1 unspecified atom stereocenters. The molecule has 0 aliphatic carbocycles. The van der Waals surface area contributed by atoms with Crippen molar-refractivity contribution in [3.63, 3.8) is 0 Å². The molecule has 1 atom stereocenters. The fraction of sp³-hybridized carbons (Fsp3) is 0.389. The molecule has 1 aliphatic rings. The first-order valence-electron chi connectivity index (χ1n) is 7.81. The van der Waals surface area contributed by atoms with Gasteiger partial charge in [-0.05, 0) is 61.7 Å². The van der Waals surface area contributed by atoms with Crippen molar-refractivity contribution in [1.82, 2.24) is 10.3 Å². The van der Waals surface area contributed by atoms with Crippen molar-refractivity contribution in [3.8, 4) is 0 Å². The molecule has 2 heterocycles. The summed E-state index contributed by atoms with van der Waals surface area (Å²) >= 11 is 6.00. The van der Waals surface area contributed by atoms with Crippen molar-refractivity contribution in [1.29, 1.82) is 0 Å². The van der Waals surface area contributed by atoms with Gasteiger partial charge in [0.05, 0.1) is 12.3 Å². The predicted molar refractivity (Wildman–Crippen MR) is 96.3 cm³/mol. The molecule has 0 radical (unpaired) electrons. The SMILES string of the molecule is Cl.Clc1ccc(C(OCC2CCNCC2)c2ccccn2)cc1. The first kappa shape index (κ1) is 18.2. The molecule has 0 amide bonds. The normalized spacial score (nSPS) is 16.6. The summed E-state index contributed by atoms with van der Waals surface area (Å²) in [5, 5.41) is 4.13. The first-order chi connectivity index (χ1) is 10.8. The lowest BCUT2D eigenvalue weighted by atomic mass is 9.99. The minimum Gasteiger partial charge on any atom is -0.367 e. The Bertz CT molecular complexity index is 571. The number of rotatable bonds is 5. The highest BCUT2D eigenvalue weighted by Crippen LogP contribution is 2.27. The van der Waals surface area contributed by atoms with E-state index in [-0.39, 0.29) is 18.5 Å².